The van der Waals surface area contributed by atoms with Gasteiger partial charge in [0, 0.05) is 13.1 Å². The third-order valence-corrected chi connectivity index (χ3v) is 4.00. The maximum atomic E-state index is 14.1. The van der Waals surface area contributed by atoms with E-state index in [4.69, 9.17) is 9.84 Å². The Morgan fingerprint density at radius 3 is 2.46 bits per heavy atom. The number of carboxylic acid groups (broad SMARTS) is 1. The fourth-order valence-electron chi connectivity index (χ4n) is 2.89. The molecule has 0 bridgehead atoms. The van der Waals surface area contributed by atoms with Crippen LogP contribution < -0.4 is 0 Å². The number of likely N-dealkylation sites (tertiary alicyclic amines) is 1. The monoisotopic (exact) mass is 337 g/mol. The number of carboxylic acids is 1. The van der Waals surface area contributed by atoms with Crippen LogP contribution in [0.1, 0.15) is 50.7 Å². The Hall–Kier alpha value is -2.11. The Labute approximate surface area is 141 Å². The summed E-state index contributed by atoms with van der Waals surface area (Å²) in [5.74, 6) is -1.27. The molecule has 1 aliphatic rings. The molecule has 2 rings (SSSR count). The number of nitrogens with zero attached hydrogens (tertiary/aromatic N) is 1. The molecule has 1 heterocycles. The molecule has 1 saturated heterocycles. The highest BCUT2D eigenvalue weighted by molar-refractivity contribution is 5.70. The normalized spacial score (nSPS) is 16.1. The van der Waals surface area contributed by atoms with E-state index in [0.717, 1.165) is 0 Å². The van der Waals surface area contributed by atoms with E-state index in [1.54, 1.807) is 11.0 Å². The summed E-state index contributed by atoms with van der Waals surface area (Å²) < 4.78 is 19.5. The molecule has 1 aromatic carbocycles. The van der Waals surface area contributed by atoms with Crippen LogP contribution in [-0.2, 0) is 16.0 Å². The molecule has 1 aromatic rings. The minimum absolute atomic E-state index is 0.0163. The third kappa shape index (κ3) is 4.94. The molecule has 132 valence electrons. The van der Waals surface area contributed by atoms with Crippen LogP contribution in [0.3, 0.4) is 0 Å². The quantitative estimate of drug-likeness (QED) is 0.916. The highest BCUT2D eigenvalue weighted by Gasteiger charge is 2.28. The SMILES string of the molecule is CC(C)(C)OC(=O)N1CCC(c2cc(CC(=O)O)ccc2F)CC1. The molecule has 0 aliphatic carbocycles. The molecule has 0 saturated carbocycles. The first-order valence-electron chi connectivity index (χ1n) is 8.14. The molecule has 1 N–H and O–H groups in total. The Balaban J connectivity index is 2.01. The zero-order valence-electron chi connectivity index (χ0n) is 14.3. The molecular formula is C18H24FNO4. The van der Waals surface area contributed by atoms with E-state index in [0.29, 0.717) is 37.1 Å². The van der Waals surface area contributed by atoms with E-state index < -0.39 is 11.6 Å². The maximum Gasteiger partial charge on any atom is 0.410 e. The van der Waals surface area contributed by atoms with Crippen molar-refractivity contribution >= 4 is 12.1 Å². The molecule has 1 aliphatic heterocycles. The number of carbonyl (C=O) groups excluding carboxylic acids is 1. The predicted octanol–water partition coefficient (Wildman–Crippen LogP) is 3.57. The molecule has 5 nitrogen and oxygen atoms in total. The zero-order chi connectivity index (χ0) is 17.9. The molecule has 0 unspecified atom stereocenters. The number of rotatable bonds is 3. The summed E-state index contributed by atoms with van der Waals surface area (Å²) in [5.41, 5.74) is 0.594. The largest absolute Gasteiger partial charge is 0.481 e. The lowest BCUT2D eigenvalue weighted by molar-refractivity contribution is -0.136. The standard InChI is InChI=1S/C18H24FNO4/c1-18(2,3)24-17(23)20-8-6-13(7-9-20)14-10-12(11-16(21)22)4-5-15(14)19/h4-5,10,13H,6-9,11H2,1-3H3,(H,21,22). The van der Waals surface area contributed by atoms with Gasteiger partial charge >= 0.3 is 12.1 Å². The molecule has 0 atom stereocenters. The number of benzene rings is 1. The lowest BCUT2D eigenvalue weighted by atomic mass is 9.88. The number of piperidine rings is 1. The number of halogens is 1. The first-order chi connectivity index (χ1) is 11.2. The maximum absolute atomic E-state index is 14.1. The summed E-state index contributed by atoms with van der Waals surface area (Å²) in [5, 5.41) is 8.87. The van der Waals surface area contributed by atoms with Crippen molar-refractivity contribution in [3.63, 3.8) is 0 Å². The van der Waals surface area contributed by atoms with Crippen molar-refractivity contribution in [1.82, 2.24) is 4.90 Å². The van der Waals surface area contributed by atoms with Crippen molar-refractivity contribution in [2.24, 2.45) is 0 Å². The third-order valence-electron chi connectivity index (χ3n) is 4.00. The molecule has 24 heavy (non-hydrogen) atoms. The minimum atomic E-state index is -0.938. The van der Waals surface area contributed by atoms with E-state index in [1.807, 2.05) is 20.8 Å². The number of aliphatic carboxylic acids is 1. The second-order valence-electron chi connectivity index (χ2n) is 7.17. The number of carbonyl (C=O) groups is 2. The Morgan fingerprint density at radius 2 is 1.92 bits per heavy atom. The van der Waals surface area contributed by atoms with Gasteiger partial charge in [-0.3, -0.25) is 4.79 Å². The van der Waals surface area contributed by atoms with Crippen LogP contribution in [0.5, 0.6) is 0 Å². The topological polar surface area (TPSA) is 66.8 Å². The van der Waals surface area contributed by atoms with E-state index >= 15 is 0 Å². The van der Waals surface area contributed by atoms with Crippen molar-refractivity contribution in [3.8, 4) is 0 Å². The van der Waals surface area contributed by atoms with Crippen LogP contribution in [0.4, 0.5) is 9.18 Å². The fraction of sp³-hybridized carbons (Fsp3) is 0.556. The van der Waals surface area contributed by atoms with E-state index in [1.165, 1.54) is 12.1 Å². The van der Waals surface area contributed by atoms with Gasteiger partial charge in [0.25, 0.3) is 0 Å². The molecule has 1 fully saturated rings. The van der Waals surface area contributed by atoms with Gasteiger partial charge in [0.15, 0.2) is 0 Å². The van der Waals surface area contributed by atoms with Crippen LogP contribution in [0.25, 0.3) is 0 Å². The summed E-state index contributed by atoms with van der Waals surface area (Å²) in [7, 11) is 0. The van der Waals surface area contributed by atoms with Gasteiger partial charge in [0.05, 0.1) is 6.42 Å². The average molecular weight is 337 g/mol. The highest BCUT2D eigenvalue weighted by atomic mass is 19.1. The van der Waals surface area contributed by atoms with Crippen molar-refractivity contribution in [2.45, 2.75) is 51.6 Å². The fourth-order valence-corrected chi connectivity index (χ4v) is 2.89. The van der Waals surface area contributed by atoms with E-state index in [-0.39, 0.29) is 24.2 Å². The second kappa shape index (κ2) is 7.20. The first kappa shape index (κ1) is 18.2. The highest BCUT2D eigenvalue weighted by Crippen LogP contribution is 2.31. The Morgan fingerprint density at radius 1 is 1.29 bits per heavy atom. The van der Waals surface area contributed by atoms with Gasteiger partial charge in [-0.1, -0.05) is 12.1 Å². The van der Waals surface area contributed by atoms with E-state index in [9.17, 15) is 14.0 Å². The molecule has 1 amide bonds. The van der Waals surface area contributed by atoms with Crippen molar-refractivity contribution in [2.75, 3.05) is 13.1 Å². The van der Waals surface area contributed by atoms with Gasteiger partial charge in [-0.2, -0.15) is 0 Å². The van der Waals surface area contributed by atoms with Gasteiger partial charge < -0.3 is 14.7 Å². The minimum Gasteiger partial charge on any atom is -0.481 e. The second-order valence-corrected chi connectivity index (χ2v) is 7.17. The smallest absolute Gasteiger partial charge is 0.410 e. The van der Waals surface area contributed by atoms with Crippen LogP contribution >= 0.6 is 0 Å². The number of amides is 1. The number of hydrogen-bond acceptors (Lipinski definition) is 3. The summed E-state index contributed by atoms with van der Waals surface area (Å²) in [6.45, 7) is 6.47. The summed E-state index contributed by atoms with van der Waals surface area (Å²) in [6, 6.07) is 4.47. The molecule has 6 heteroatoms. The molecular weight excluding hydrogens is 313 g/mol. The lowest BCUT2D eigenvalue weighted by Gasteiger charge is -2.33. The number of hydrogen-bond donors (Lipinski definition) is 1. The zero-order valence-corrected chi connectivity index (χ0v) is 14.3. The average Bonchev–Trinajstić information content (AvgIpc) is 2.47. The number of ether oxygens (including phenoxy) is 1. The Kier molecular flexibility index (Phi) is 5.47. The van der Waals surface area contributed by atoms with E-state index in [2.05, 4.69) is 0 Å². The summed E-state index contributed by atoms with van der Waals surface area (Å²) in [6.07, 6.45) is 0.796. The summed E-state index contributed by atoms with van der Waals surface area (Å²) >= 11 is 0. The van der Waals surface area contributed by atoms with Crippen LogP contribution in [-0.4, -0.2) is 40.8 Å². The predicted molar refractivity (Wildman–Crippen MR) is 87.5 cm³/mol. The van der Waals surface area contributed by atoms with Crippen LogP contribution in [0, 0.1) is 5.82 Å². The van der Waals surface area contributed by atoms with Gasteiger partial charge in [-0.05, 0) is 56.7 Å². The van der Waals surface area contributed by atoms with Crippen molar-refractivity contribution in [1.29, 1.82) is 0 Å². The van der Waals surface area contributed by atoms with Gasteiger partial charge in [0.1, 0.15) is 11.4 Å². The van der Waals surface area contributed by atoms with Crippen molar-refractivity contribution in [3.05, 3.63) is 35.1 Å². The lowest BCUT2D eigenvalue weighted by Crippen LogP contribution is -2.41. The van der Waals surface area contributed by atoms with Gasteiger partial charge in [0.2, 0.25) is 0 Å². The van der Waals surface area contributed by atoms with Crippen LogP contribution in [0.15, 0.2) is 18.2 Å². The molecule has 0 radical (unpaired) electrons. The summed E-state index contributed by atoms with van der Waals surface area (Å²) in [4.78, 5) is 24.5. The van der Waals surface area contributed by atoms with Crippen molar-refractivity contribution < 1.29 is 23.8 Å². The molecule has 0 aromatic heterocycles. The Bertz CT molecular complexity index is 616. The van der Waals surface area contributed by atoms with Gasteiger partial charge in [-0.25, -0.2) is 9.18 Å². The first-order valence-corrected chi connectivity index (χ1v) is 8.14. The van der Waals surface area contributed by atoms with Gasteiger partial charge in [-0.15, -0.1) is 0 Å². The van der Waals surface area contributed by atoms with Crippen LogP contribution in [0.2, 0.25) is 0 Å². The molecule has 0 spiro atoms.